The number of carbonyl (C=O) groups excluding carboxylic acids is 1. The molecule has 0 spiro atoms. The van der Waals surface area contributed by atoms with Crippen molar-refractivity contribution in [3.05, 3.63) is 53.6 Å². The van der Waals surface area contributed by atoms with Crippen LogP contribution in [0.1, 0.15) is 122 Å². The first kappa shape index (κ1) is 37.9. The molecule has 1 aromatic carbocycles. The van der Waals surface area contributed by atoms with Crippen LogP contribution in [-0.4, -0.2) is 80.8 Å². The molecule has 53 heavy (non-hydrogen) atoms. The highest BCUT2D eigenvalue weighted by Crippen LogP contribution is 2.76. The first-order chi connectivity index (χ1) is 24.9. The Balaban J connectivity index is 1.02. The zero-order valence-corrected chi connectivity index (χ0v) is 34.8. The van der Waals surface area contributed by atoms with E-state index in [1.165, 1.54) is 81.4 Å². The van der Waals surface area contributed by atoms with Gasteiger partial charge in [-0.15, -0.1) is 0 Å². The van der Waals surface area contributed by atoms with E-state index in [1.807, 2.05) is 12.1 Å². The molecule has 2 bridgehead atoms. The van der Waals surface area contributed by atoms with Crippen LogP contribution in [0.3, 0.4) is 0 Å². The largest absolute Gasteiger partial charge is 0.465 e. The molecule has 11 atom stereocenters. The van der Waals surface area contributed by atoms with E-state index < -0.39 is 10.0 Å². The Kier molecular flexibility index (Phi) is 9.12. The van der Waals surface area contributed by atoms with Gasteiger partial charge in [-0.05, 0) is 146 Å². The third-order valence-corrected chi connectivity index (χ3v) is 19.2. The number of esters is 1. The second-order valence-electron chi connectivity index (χ2n) is 20.3. The van der Waals surface area contributed by atoms with Gasteiger partial charge in [-0.3, -0.25) is 4.90 Å². The van der Waals surface area contributed by atoms with Crippen LogP contribution in [-0.2, 0) is 14.8 Å². The average molecular weight is 746 g/mol. The number of allylic oxidation sites excluding steroid dienone is 3. The summed E-state index contributed by atoms with van der Waals surface area (Å²) >= 11 is 0. The number of hydrogen-bond acceptors (Lipinski definition) is 6. The zero-order valence-electron chi connectivity index (χ0n) is 34.0. The number of ether oxygens (including phenoxy) is 1. The monoisotopic (exact) mass is 745 g/mol. The van der Waals surface area contributed by atoms with E-state index >= 15 is 0 Å². The maximum absolute atomic E-state index is 12.3. The van der Waals surface area contributed by atoms with Gasteiger partial charge in [0.25, 0.3) is 0 Å². The second-order valence-corrected chi connectivity index (χ2v) is 22.2. The number of likely N-dealkylation sites (tertiary alicyclic amines) is 1. The fraction of sp³-hybridized carbons (Fsp3) is 0.756. The van der Waals surface area contributed by atoms with E-state index in [4.69, 9.17) is 4.74 Å². The third kappa shape index (κ3) is 5.56. The average Bonchev–Trinajstić information content (AvgIpc) is 3.82. The molecule has 1 N–H and O–H groups in total. The number of fused-ring (bicyclic) bond motifs is 9. The van der Waals surface area contributed by atoms with E-state index in [0.717, 1.165) is 32.5 Å². The van der Waals surface area contributed by atoms with Crippen molar-refractivity contribution >= 4 is 21.6 Å². The second kappa shape index (κ2) is 12.8. The topological polar surface area (TPSA) is 79.0 Å². The highest BCUT2D eigenvalue weighted by atomic mass is 32.2. The molecule has 1 aromatic rings. The molecule has 292 valence electrons. The van der Waals surface area contributed by atoms with Gasteiger partial charge in [0, 0.05) is 43.8 Å². The number of nitrogens with one attached hydrogen (secondary N) is 1. The van der Waals surface area contributed by atoms with Gasteiger partial charge >= 0.3 is 5.97 Å². The molecule has 2 aliphatic heterocycles. The molecule has 0 radical (unpaired) electrons. The number of benzene rings is 1. The number of methoxy groups -OCH3 is 1. The highest BCUT2D eigenvalue weighted by Gasteiger charge is 2.70. The predicted molar refractivity (Wildman–Crippen MR) is 214 cm³/mol. The van der Waals surface area contributed by atoms with Crippen LogP contribution in [0.4, 0.5) is 0 Å². The molecule has 1 unspecified atom stereocenters. The van der Waals surface area contributed by atoms with E-state index in [2.05, 4.69) is 76.5 Å². The zero-order chi connectivity index (χ0) is 37.9. The van der Waals surface area contributed by atoms with Gasteiger partial charge in [0.2, 0.25) is 10.0 Å². The summed E-state index contributed by atoms with van der Waals surface area (Å²) in [6.07, 6.45) is 16.3. The minimum absolute atomic E-state index is 0.0406. The first-order valence-electron chi connectivity index (χ1n) is 20.9. The summed E-state index contributed by atoms with van der Waals surface area (Å²) in [6.45, 7) is 23.6. The van der Waals surface area contributed by atoms with Crippen molar-refractivity contribution in [2.75, 3.05) is 39.5 Å². The van der Waals surface area contributed by atoms with E-state index in [1.54, 1.807) is 4.31 Å². The molecular weight excluding hydrogens is 679 g/mol. The molecule has 2 saturated heterocycles. The molecular formula is C45H67N3O4S. The van der Waals surface area contributed by atoms with E-state index in [9.17, 15) is 13.2 Å². The summed E-state index contributed by atoms with van der Waals surface area (Å²) in [5.41, 5.74) is 5.72. The fourth-order valence-corrected chi connectivity index (χ4v) is 16.4. The maximum atomic E-state index is 12.3. The van der Waals surface area contributed by atoms with Crippen molar-refractivity contribution in [2.24, 2.45) is 51.2 Å². The molecule has 2 heterocycles. The smallest absolute Gasteiger partial charge is 0.337 e. The van der Waals surface area contributed by atoms with Crippen molar-refractivity contribution in [2.45, 2.75) is 123 Å². The van der Waals surface area contributed by atoms with Crippen LogP contribution < -0.4 is 5.32 Å². The number of nitrogens with zero attached hydrogens (tertiary/aromatic N) is 2. The standard InChI is InChI=1S/C45H67N3O4S/c1-29(2)34-16-21-45(46-24-25-47-27-33-26-32(47)28-48(33)53(9,50)51)23-22-43(6)36(39(34)45)14-15-38-42(5)19-17-35(30-10-12-31(13-11-30)40(49)52-8)41(3,4)37(42)18-20-44(38,43)7/h10-13,17,32-34,36-39,46H,1,14-16,18-28H2,2-9H3/t32?,33-,34-,36+,37-,38+,39+,42-,43+,44+,45-/m0/s1. The Labute approximate surface area is 320 Å². The SMILES string of the molecule is C=C(C)[C@@H]1CC[C@]2(NCCN3C[C@@H]4CC3CN4S(C)(=O)=O)CC[C@]3(C)[C@H](CC[C@@H]4[C@@]5(C)CC=C(c6ccc(C(=O)OC)cc6)C(C)(C)[C@@H]5CC[C@]43C)[C@@H]12. The van der Waals surface area contributed by atoms with Gasteiger partial charge in [-0.2, -0.15) is 4.31 Å². The summed E-state index contributed by atoms with van der Waals surface area (Å²) in [5, 5.41) is 4.29. The van der Waals surface area contributed by atoms with Crippen LogP contribution in [0.25, 0.3) is 5.57 Å². The Bertz CT molecular complexity index is 1790. The summed E-state index contributed by atoms with van der Waals surface area (Å²) in [4.78, 5) is 14.7. The van der Waals surface area contributed by atoms with Gasteiger partial charge in [0.15, 0.2) is 0 Å². The Morgan fingerprint density at radius 1 is 0.925 bits per heavy atom. The summed E-state index contributed by atoms with van der Waals surface area (Å²) in [7, 11) is -1.68. The summed E-state index contributed by atoms with van der Waals surface area (Å²) < 4.78 is 31.3. The Morgan fingerprint density at radius 3 is 2.30 bits per heavy atom. The van der Waals surface area contributed by atoms with Crippen molar-refractivity contribution in [1.29, 1.82) is 0 Å². The van der Waals surface area contributed by atoms with Crippen LogP contribution >= 0.6 is 0 Å². The minimum Gasteiger partial charge on any atom is -0.465 e. The van der Waals surface area contributed by atoms with Crippen molar-refractivity contribution in [1.82, 2.24) is 14.5 Å². The van der Waals surface area contributed by atoms with Gasteiger partial charge in [-0.25, -0.2) is 13.2 Å². The fourth-order valence-electron chi connectivity index (χ4n) is 15.3. The maximum Gasteiger partial charge on any atom is 0.337 e. The number of carbonyl (C=O) groups is 1. The molecule has 5 aliphatic carbocycles. The molecule has 0 aromatic heterocycles. The lowest BCUT2D eigenvalue weighted by atomic mass is 9.33. The lowest BCUT2D eigenvalue weighted by Crippen LogP contribution is -2.68. The predicted octanol–water partition coefficient (Wildman–Crippen LogP) is 8.18. The summed E-state index contributed by atoms with van der Waals surface area (Å²) in [6, 6.07) is 8.63. The number of hydrogen-bond donors (Lipinski definition) is 1. The van der Waals surface area contributed by atoms with Crippen molar-refractivity contribution < 1.29 is 17.9 Å². The molecule has 7 aliphatic rings. The van der Waals surface area contributed by atoms with E-state index in [-0.39, 0.29) is 28.4 Å². The van der Waals surface area contributed by atoms with Gasteiger partial charge in [-0.1, -0.05) is 65.0 Å². The van der Waals surface area contributed by atoms with Crippen LogP contribution in [0.15, 0.2) is 42.5 Å². The third-order valence-electron chi connectivity index (χ3n) is 17.9. The molecule has 8 heteroatoms. The normalized spacial score (nSPS) is 43.3. The Hall–Kier alpha value is -2.00. The quantitative estimate of drug-likeness (QED) is 0.214. The van der Waals surface area contributed by atoms with Gasteiger partial charge in [0.05, 0.1) is 18.9 Å². The van der Waals surface area contributed by atoms with Gasteiger partial charge < -0.3 is 10.1 Å². The minimum atomic E-state index is -3.12. The molecule has 6 fully saturated rings. The molecule has 7 nitrogen and oxygen atoms in total. The number of piperazine rings is 1. The summed E-state index contributed by atoms with van der Waals surface area (Å²) in [5.74, 6) is 2.92. The van der Waals surface area contributed by atoms with Crippen LogP contribution in [0.5, 0.6) is 0 Å². The van der Waals surface area contributed by atoms with E-state index in [0.29, 0.717) is 58.6 Å². The molecule has 0 amide bonds. The van der Waals surface area contributed by atoms with Crippen LogP contribution in [0.2, 0.25) is 0 Å². The first-order valence-corrected chi connectivity index (χ1v) is 22.8. The lowest BCUT2D eigenvalue weighted by molar-refractivity contribution is -0.219. The number of sulfonamides is 1. The van der Waals surface area contributed by atoms with Gasteiger partial charge in [0.1, 0.15) is 0 Å². The Morgan fingerprint density at radius 2 is 1.66 bits per heavy atom. The van der Waals surface area contributed by atoms with Crippen LogP contribution in [0, 0.1) is 51.2 Å². The van der Waals surface area contributed by atoms with Crippen molar-refractivity contribution in [3.8, 4) is 0 Å². The molecule has 4 saturated carbocycles. The highest BCUT2D eigenvalue weighted by molar-refractivity contribution is 7.88. The molecule has 8 rings (SSSR count). The number of rotatable bonds is 8. The van der Waals surface area contributed by atoms with Crippen molar-refractivity contribution in [3.63, 3.8) is 0 Å². The lowest BCUT2D eigenvalue weighted by Gasteiger charge is -2.72.